The summed E-state index contributed by atoms with van der Waals surface area (Å²) >= 11 is 0. The molecule has 2 heterocycles. The van der Waals surface area contributed by atoms with Gasteiger partial charge in [-0.1, -0.05) is 6.07 Å². The van der Waals surface area contributed by atoms with Crippen molar-refractivity contribution in [1.82, 2.24) is 9.71 Å². The average Bonchev–Trinajstić information content (AvgIpc) is 2.63. The fraction of sp³-hybridized carbons (Fsp3) is 0.353. The monoisotopic (exact) mass is 368 g/mol. The van der Waals surface area contributed by atoms with Crippen molar-refractivity contribution in [2.45, 2.75) is 23.8 Å². The Bertz CT molecular complexity index is 825. The molecule has 0 aliphatic carbocycles. The van der Waals surface area contributed by atoms with Crippen LogP contribution in [0.2, 0.25) is 0 Å². The second-order valence-electron chi connectivity index (χ2n) is 5.91. The Morgan fingerprint density at radius 1 is 1.20 bits per heavy atom. The van der Waals surface area contributed by atoms with Gasteiger partial charge in [-0.05, 0) is 48.6 Å². The summed E-state index contributed by atoms with van der Waals surface area (Å²) in [5.74, 6) is -1.83. The topological polar surface area (TPSA) is 68.3 Å². The highest BCUT2D eigenvalue weighted by Crippen LogP contribution is 2.31. The molecule has 1 aliphatic heterocycles. The van der Waals surface area contributed by atoms with Gasteiger partial charge < -0.3 is 4.74 Å². The number of pyridine rings is 1. The van der Waals surface area contributed by atoms with Crippen LogP contribution in [0.3, 0.4) is 0 Å². The number of nitrogens with zero attached hydrogens (tertiary/aromatic N) is 1. The molecular formula is C17H18F2N2O3S. The molecule has 1 aliphatic rings. The molecule has 1 N–H and O–H groups in total. The molecule has 1 saturated heterocycles. The molecule has 8 heteroatoms. The first-order valence-electron chi connectivity index (χ1n) is 7.92. The van der Waals surface area contributed by atoms with Crippen LogP contribution in [0.1, 0.15) is 24.4 Å². The highest BCUT2D eigenvalue weighted by atomic mass is 32.2. The summed E-state index contributed by atoms with van der Waals surface area (Å²) < 4.78 is 60.5. The molecule has 5 nitrogen and oxygen atoms in total. The Hall–Kier alpha value is -1.90. The van der Waals surface area contributed by atoms with Crippen LogP contribution in [0.25, 0.3) is 0 Å². The summed E-state index contributed by atoms with van der Waals surface area (Å²) in [6, 6.07) is 5.24. The van der Waals surface area contributed by atoms with Crippen LogP contribution < -0.4 is 4.72 Å². The molecule has 1 atom stereocenters. The van der Waals surface area contributed by atoms with E-state index in [0.29, 0.717) is 37.7 Å². The average molecular weight is 368 g/mol. The number of hydrogen-bond acceptors (Lipinski definition) is 4. The third-order valence-electron chi connectivity index (χ3n) is 4.25. The van der Waals surface area contributed by atoms with Crippen LogP contribution in [-0.2, 0) is 14.8 Å². The molecular weight excluding hydrogens is 350 g/mol. The van der Waals surface area contributed by atoms with E-state index in [1.165, 1.54) is 0 Å². The number of aromatic nitrogens is 1. The predicted octanol–water partition coefficient (Wildman–Crippen LogP) is 2.81. The third-order valence-corrected chi connectivity index (χ3v) is 5.70. The van der Waals surface area contributed by atoms with E-state index in [0.717, 1.165) is 12.1 Å². The maximum atomic E-state index is 13.9. The predicted molar refractivity (Wildman–Crippen MR) is 87.2 cm³/mol. The van der Waals surface area contributed by atoms with E-state index < -0.39 is 32.6 Å². The van der Waals surface area contributed by atoms with Gasteiger partial charge in [0, 0.05) is 25.6 Å². The van der Waals surface area contributed by atoms with Crippen LogP contribution in [0.5, 0.6) is 0 Å². The standard InChI is InChI=1S/C17H18F2N2O3S/c18-14-3-4-15(19)16(10-14)25(22,23)21-17(12-5-8-24-9-6-12)13-2-1-7-20-11-13/h1-4,7,10-12,17,21H,5-6,8-9H2. The van der Waals surface area contributed by atoms with Crippen LogP contribution in [-0.4, -0.2) is 26.6 Å². The highest BCUT2D eigenvalue weighted by molar-refractivity contribution is 7.89. The summed E-state index contributed by atoms with van der Waals surface area (Å²) in [4.78, 5) is 3.33. The summed E-state index contributed by atoms with van der Waals surface area (Å²) in [5, 5.41) is 0. The van der Waals surface area contributed by atoms with Crippen molar-refractivity contribution in [2.24, 2.45) is 5.92 Å². The van der Waals surface area contributed by atoms with Crippen LogP contribution in [0.4, 0.5) is 8.78 Å². The van der Waals surface area contributed by atoms with E-state index in [9.17, 15) is 17.2 Å². The first kappa shape index (κ1) is 17.9. The number of halogens is 2. The zero-order chi connectivity index (χ0) is 17.9. The van der Waals surface area contributed by atoms with E-state index in [1.54, 1.807) is 24.5 Å². The molecule has 0 amide bonds. The van der Waals surface area contributed by atoms with Gasteiger partial charge in [0.1, 0.15) is 16.5 Å². The van der Waals surface area contributed by atoms with Gasteiger partial charge in [0.2, 0.25) is 10.0 Å². The van der Waals surface area contributed by atoms with Crippen molar-refractivity contribution >= 4 is 10.0 Å². The largest absolute Gasteiger partial charge is 0.381 e. The fourth-order valence-corrected chi connectivity index (χ4v) is 4.34. The Kier molecular flexibility index (Phi) is 5.41. The number of sulfonamides is 1. The number of benzene rings is 1. The molecule has 1 unspecified atom stereocenters. The van der Waals surface area contributed by atoms with Crippen LogP contribution >= 0.6 is 0 Å². The summed E-state index contributed by atoms with van der Waals surface area (Å²) in [5.41, 5.74) is 0.676. The molecule has 1 fully saturated rings. The number of hydrogen-bond donors (Lipinski definition) is 1. The lowest BCUT2D eigenvalue weighted by atomic mass is 9.88. The van der Waals surface area contributed by atoms with Crippen molar-refractivity contribution in [1.29, 1.82) is 0 Å². The second kappa shape index (κ2) is 7.55. The molecule has 0 radical (unpaired) electrons. The molecule has 0 spiro atoms. The van der Waals surface area contributed by atoms with Crippen molar-refractivity contribution in [3.05, 3.63) is 59.9 Å². The van der Waals surface area contributed by atoms with Gasteiger partial charge in [0.05, 0.1) is 6.04 Å². The van der Waals surface area contributed by atoms with Gasteiger partial charge in [-0.3, -0.25) is 4.98 Å². The summed E-state index contributed by atoms with van der Waals surface area (Å²) in [6.07, 6.45) is 4.48. The Balaban J connectivity index is 1.95. The number of rotatable bonds is 5. The highest BCUT2D eigenvalue weighted by Gasteiger charge is 2.31. The van der Waals surface area contributed by atoms with Crippen molar-refractivity contribution in [3.8, 4) is 0 Å². The minimum Gasteiger partial charge on any atom is -0.381 e. The SMILES string of the molecule is O=S(=O)(NC(c1cccnc1)C1CCOCC1)c1cc(F)ccc1F. The zero-order valence-electron chi connectivity index (χ0n) is 13.4. The first-order chi connectivity index (χ1) is 12.0. The Labute approximate surface area is 145 Å². The Morgan fingerprint density at radius 3 is 2.64 bits per heavy atom. The Morgan fingerprint density at radius 2 is 1.96 bits per heavy atom. The van der Waals surface area contributed by atoms with Gasteiger partial charge >= 0.3 is 0 Å². The minimum atomic E-state index is -4.24. The lowest BCUT2D eigenvalue weighted by Crippen LogP contribution is -2.36. The molecule has 0 bridgehead atoms. The van der Waals surface area contributed by atoms with Gasteiger partial charge in [-0.15, -0.1) is 0 Å². The van der Waals surface area contributed by atoms with Gasteiger partial charge in [0.25, 0.3) is 0 Å². The molecule has 25 heavy (non-hydrogen) atoms. The maximum Gasteiger partial charge on any atom is 0.244 e. The minimum absolute atomic E-state index is 0.0238. The van der Waals surface area contributed by atoms with Gasteiger partial charge in [0.15, 0.2) is 0 Å². The van der Waals surface area contributed by atoms with E-state index in [-0.39, 0.29) is 5.92 Å². The van der Waals surface area contributed by atoms with Crippen molar-refractivity contribution in [2.75, 3.05) is 13.2 Å². The molecule has 2 aromatic rings. The van der Waals surface area contributed by atoms with E-state index in [1.807, 2.05) is 0 Å². The third kappa shape index (κ3) is 4.20. The quantitative estimate of drug-likeness (QED) is 0.881. The second-order valence-corrected chi connectivity index (χ2v) is 7.59. The van der Waals surface area contributed by atoms with E-state index in [2.05, 4.69) is 9.71 Å². The zero-order valence-corrected chi connectivity index (χ0v) is 14.2. The molecule has 3 rings (SSSR count). The lowest BCUT2D eigenvalue weighted by Gasteiger charge is -2.31. The van der Waals surface area contributed by atoms with Gasteiger partial charge in [-0.25, -0.2) is 21.9 Å². The lowest BCUT2D eigenvalue weighted by molar-refractivity contribution is 0.0564. The normalized spacial score (nSPS) is 17.4. The van der Waals surface area contributed by atoms with Crippen molar-refractivity contribution in [3.63, 3.8) is 0 Å². The van der Waals surface area contributed by atoms with Crippen molar-refractivity contribution < 1.29 is 21.9 Å². The fourth-order valence-electron chi connectivity index (χ4n) is 2.96. The van der Waals surface area contributed by atoms with Gasteiger partial charge in [-0.2, -0.15) is 0 Å². The number of nitrogens with one attached hydrogen (secondary N) is 1. The van der Waals surface area contributed by atoms with E-state index in [4.69, 9.17) is 4.74 Å². The number of ether oxygens (including phenoxy) is 1. The molecule has 1 aromatic heterocycles. The first-order valence-corrected chi connectivity index (χ1v) is 9.41. The molecule has 134 valence electrons. The smallest absolute Gasteiger partial charge is 0.244 e. The molecule has 0 saturated carbocycles. The summed E-state index contributed by atoms with van der Waals surface area (Å²) in [7, 11) is -4.24. The molecule has 1 aromatic carbocycles. The van der Waals surface area contributed by atoms with Crippen LogP contribution in [0.15, 0.2) is 47.6 Å². The van der Waals surface area contributed by atoms with E-state index >= 15 is 0 Å². The maximum absolute atomic E-state index is 13.9. The summed E-state index contributed by atoms with van der Waals surface area (Å²) in [6.45, 7) is 1.05. The van der Waals surface area contributed by atoms with Crippen LogP contribution in [0, 0.1) is 17.6 Å².